The third-order valence-electron chi connectivity index (χ3n) is 3.49. The van der Waals surface area contributed by atoms with E-state index in [-0.39, 0.29) is 21.8 Å². The third kappa shape index (κ3) is 3.60. The van der Waals surface area contributed by atoms with Gasteiger partial charge in [-0.05, 0) is 38.9 Å². The monoisotopic (exact) mass is 318 g/mol. The van der Waals surface area contributed by atoms with Crippen LogP contribution >= 0.6 is 11.6 Å². The predicted octanol–water partition coefficient (Wildman–Crippen LogP) is 1.08. The summed E-state index contributed by atoms with van der Waals surface area (Å²) >= 11 is 5.80. The van der Waals surface area contributed by atoms with Crippen molar-refractivity contribution in [2.75, 3.05) is 25.4 Å². The van der Waals surface area contributed by atoms with E-state index in [1.54, 1.807) is 0 Å². The smallest absolute Gasteiger partial charge is 0.242 e. The van der Waals surface area contributed by atoms with Gasteiger partial charge >= 0.3 is 0 Å². The van der Waals surface area contributed by atoms with Crippen LogP contribution < -0.4 is 10.5 Å². The van der Waals surface area contributed by atoms with Crippen molar-refractivity contribution in [1.82, 2.24) is 14.6 Å². The quantitative estimate of drug-likeness (QED) is 0.848. The van der Waals surface area contributed by atoms with Gasteiger partial charge in [-0.1, -0.05) is 11.6 Å². The highest BCUT2D eigenvalue weighted by Crippen LogP contribution is 2.19. The van der Waals surface area contributed by atoms with Gasteiger partial charge in [-0.3, -0.25) is 4.90 Å². The van der Waals surface area contributed by atoms with E-state index < -0.39 is 10.0 Å². The van der Waals surface area contributed by atoms with Crippen LogP contribution in [-0.2, 0) is 10.0 Å². The van der Waals surface area contributed by atoms with Crippen molar-refractivity contribution in [2.45, 2.75) is 30.7 Å². The molecule has 1 fully saturated rings. The largest absolute Gasteiger partial charge is 0.382 e. The van der Waals surface area contributed by atoms with E-state index in [0.29, 0.717) is 6.54 Å². The SMILES string of the molecule is CC(CNS(=O)(=O)c1cnc(N)c(Cl)c1)N1CCCC1. The Bertz CT molecular complexity index is 573. The summed E-state index contributed by atoms with van der Waals surface area (Å²) in [7, 11) is -3.60. The number of nitrogens with two attached hydrogens (primary N) is 1. The molecule has 0 radical (unpaired) electrons. The maximum atomic E-state index is 12.1. The van der Waals surface area contributed by atoms with E-state index in [2.05, 4.69) is 14.6 Å². The number of rotatable bonds is 5. The second-order valence-corrected chi connectivity index (χ2v) is 7.16. The number of hydrogen-bond acceptors (Lipinski definition) is 5. The van der Waals surface area contributed by atoms with Gasteiger partial charge in [-0.2, -0.15) is 0 Å². The second-order valence-electron chi connectivity index (χ2n) is 4.98. The highest BCUT2D eigenvalue weighted by atomic mass is 35.5. The number of likely N-dealkylation sites (tertiary alicyclic amines) is 1. The van der Waals surface area contributed by atoms with E-state index in [1.807, 2.05) is 6.92 Å². The van der Waals surface area contributed by atoms with Gasteiger partial charge in [-0.25, -0.2) is 18.1 Å². The first-order valence-corrected chi connectivity index (χ1v) is 8.41. The first-order chi connectivity index (χ1) is 9.40. The molecule has 0 saturated carbocycles. The molecular weight excluding hydrogens is 300 g/mol. The Balaban J connectivity index is 2.01. The lowest BCUT2D eigenvalue weighted by Gasteiger charge is -2.23. The molecule has 0 aromatic carbocycles. The van der Waals surface area contributed by atoms with Crippen molar-refractivity contribution in [2.24, 2.45) is 0 Å². The Morgan fingerprint density at radius 1 is 1.50 bits per heavy atom. The molecule has 1 aliphatic heterocycles. The highest BCUT2D eigenvalue weighted by Gasteiger charge is 2.21. The van der Waals surface area contributed by atoms with Gasteiger partial charge in [0.25, 0.3) is 0 Å². The zero-order valence-corrected chi connectivity index (χ0v) is 12.9. The van der Waals surface area contributed by atoms with Gasteiger partial charge in [0.15, 0.2) is 0 Å². The zero-order valence-electron chi connectivity index (χ0n) is 11.3. The van der Waals surface area contributed by atoms with E-state index in [4.69, 9.17) is 17.3 Å². The molecule has 0 spiro atoms. The first-order valence-electron chi connectivity index (χ1n) is 6.55. The Kier molecular flexibility index (Phi) is 4.85. The van der Waals surface area contributed by atoms with Crippen LogP contribution in [0.1, 0.15) is 19.8 Å². The van der Waals surface area contributed by atoms with Crippen molar-refractivity contribution in [1.29, 1.82) is 0 Å². The number of pyridine rings is 1. The lowest BCUT2D eigenvalue weighted by Crippen LogP contribution is -2.40. The van der Waals surface area contributed by atoms with E-state index >= 15 is 0 Å². The molecule has 2 heterocycles. The Labute approximate surface area is 124 Å². The molecule has 3 N–H and O–H groups in total. The lowest BCUT2D eigenvalue weighted by molar-refractivity contribution is 0.260. The third-order valence-corrected chi connectivity index (χ3v) is 5.18. The van der Waals surface area contributed by atoms with Crippen molar-refractivity contribution >= 4 is 27.4 Å². The molecule has 1 saturated heterocycles. The molecular formula is C12H19ClN4O2S. The zero-order chi connectivity index (χ0) is 14.8. The first kappa shape index (κ1) is 15.5. The van der Waals surface area contributed by atoms with Gasteiger partial charge < -0.3 is 5.73 Å². The van der Waals surface area contributed by atoms with Gasteiger partial charge in [0.1, 0.15) is 10.7 Å². The van der Waals surface area contributed by atoms with E-state index in [1.165, 1.54) is 25.1 Å². The summed E-state index contributed by atoms with van der Waals surface area (Å²) < 4.78 is 26.9. The molecule has 1 atom stereocenters. The number of halogens is 1. The highest BCUT2D eigenvalue weighted by molar-refractivity contribution is 7.89. The number of aromatic nitrogens is 1. The Morgan fingerprint density at radius 3 is 2.75 bits per heavy atom. The van der Waals surface area contributed by atoms with Gasteiger partial charge in [0.05, 0.1) is 5.02 Å². The molecule has 1 aliphatic rings. The number of anilines is 1. The molecule has 1 unspecified atom stereocenters. The number of hydrogen-bond donors (Lipinski definition) is 2. The maximum Gasteiger partial charge on any atom is 0.242 e. The fourth-order valence-electron chi connectivity index (χ4n) is 2.20. The number of nitrogen functional groups attached to an aromatic ring is 1. The van der Waals surface area contributed by atoms with Crippen LogP contribution in [0, 0.1) is 0 Å². The number of sulfonamides is 1. The summed E-state index contributed by atoms with van der Waals surface area (Å²) in [6.45, 7) is 4.43. The fraction of sp³-hybridized carbons (Fsp3) is 0.583. The minimum Gasteiger partial charge on any atom is -0.382 e. The maximum absolute atomic E-state index is 12.1. The van der Waals surface area contributed by atoms with Crippen molar-refractivity contribution in [3.63, 3.8) is 0 Å². The molecule has 6 nitrogen and oxygen atoms in total. The van der Waals surface area contributed by atoms with Crippen LogP contribution in [0.25, 0.3) is 0 Å². The molecule has 0 amide bonds. The second kappa shape index (κ2) is 6.26. The summed E-state index contributed by atoms with van der Waals surface area (Å²) in [5, 5.41) is 0.139. The van der Waals surface area contributed by atoms with Gasteiger partial charge in [0, 0.05) is 18.8 Å². The van der Waals surface area contributed by atoms with Crippen LogP contribution in [0.4, 0.5) is 5.82 Å². The summed E-state index contributed by atoms with van der Waals surface area (Å²) in [5.41, 5.74) is 5.47. The molecule has 8 heteroatoms. The summed E-state index contributed by atoms with van der Waals surface area (Å²) in [4.78, 5) is 6.07. The summed E-state index contributed by atoms with van der Waals surface area (Å²) in [6, 6.07) is 1.48. The van der Waals surface area contributed by atoms with E-state index in [0.717, 1.165) is 13.1 Å². The fourth-order valence-corrected chi connectivity index (χ4v) is 3.53. The molecule has 1 aromatic heterocycles. The van der Waals surface area contributed by atoms with Crippen molar-refractivity contribution < 1.29 is 8.42 Å². The minimum atomic E-state index is -3.60. The van der Waals surface area contributed by atoms with Crippen molar-refractivity contribution in [3.05, 3.63) is 17.3 Å². The predicted molar refractivity (Wildman–Crippen MR) is 79.1 cm³/mol. The van der Waals surface area contributed by atoms with Gasteiger partial charge in [-0.15, -0.1) is 0 Å². The molecule has 112 valence electrons. The normalized spacial score (nSPS) is 18.3. The molecule has 0 bridgehead atoms. The topological polar surface area (TPSA) is 88.3 Å². The van der Waals surface area contributed by atoms with Crippen molar-refractivity contribution in [3.8, 4) is 0 Å². The average molecular weight is 319 g/mol. The Hall–Kier alpha value is -0.890. The molecule has 0 aliphatic carbocycles. The molecule has 20 heavy (non-hydrogen) atoms. The standard InChI is InChI=1S/C12H19ClN4O2S/c1-9(17-4-2-3-5-17)7-16-20(18,19)10-6-11(13)12(14)15-8-10/h6,8-9,16H,2-5,7H2,1H3,(H2,14,15). The van der Waals surface area contributed by atoms with Gasteiger partial charge in [0.2, 0.25) is 10.0 Å². The summed E-state index contributed by atoms with van der Waals surface area (Å²) in [5.74, 6) is 0.121. The Morgan fingerprint density at radius 2 is 2.15 bits per heavy atom. The molecule has 2 rings (SSSR count). The average Bonchev–Trinajstić information content (AvgIpc) is 2.93. The molecule has 1 aromatic rings. The minimum absolute atomic E-state index is 0.0327. The van der Waals surface area contributed by atoms with E-state index in [9.17, 15) is 8.42 Å². The number of nitrogens with zero attached hydrogens (tertiary/aromatic N) is 2. The van der Waals surface area contributed by atoms with Crippen LogP contribution in [0.3, 0.4) is 0 Å². The van der Waals surface area contributed by atoms with Crippen LogP contribution in [-0.4, -0.2) is 44.0 Å². The van der Waals surface area contributed by atoms with Crippen LogP contribution in [0.5, 0.6) is 0 Å². The van der Waals surface area contributed by atoms with Crippen LogP contribution in [0.2, 0.25) is 5.02 Å². The summed E-state index contributed by atoms with van der Waals surface area (Å²) in [6.07, 6.45) is 3.56. The number of nitrogens with one attached hydrogen (secondary N) is 1. The van der Waals surface area contributed by atoms with Crippen LogP contribution in [0.15, 0.2) is 17.2 Å². The lowest BCUT2D eigenvalue weighted by atomic mass is 10.3.